The molecule has 0 N–H and O–H groups in total. The molecule has 6 heteroatoms. The lowest BCUT2D eigenvalue weighted by Crippen LogP contribution is -2.00. The van der Waals surface area contributed by atoms with Gasteiger partial charge in [0.15, 0.2) is 0 Å². The number of hydrogen-bond acceptors (Lipinski definition) is 2. The van der Waals surface area contributed by atoms with Gasteiger partial charge in [-0.05, 0) is 34.5 Å². The highest BCUT2D eigenvalue weighted by Gasteiger charge is 2.17. The van der Waals surface area contributed by atoms with Crippen molar-refractivity contribution in [1.82, 2.24) is 9.97 Å². The van der Waals surface area contributed by atoms with E-state index >= 15 is 0 Å². The van der Waals surface area contributed by atoms with Crippen LogP contribution in [0.3, 0.4) is 0 Å². The fourth-order valence-electron chi connectivity index (χ4n) is 1.69. The van der Waals surface area contributed by atoms with Gasteiger partial charge in [0, 0.05) is 12.5 Å². The molecular weight excluding hydrogens is 338 g/mol. The zero-order valence-corrected chi connectivity index (χ0v) is 12.4. The van der Waals surface area contributed by atoms with E-state index in [1.807, 2.05) is 6.92 Å². The zero-order chi connectivity index (χ0) is 14.0. The van der Waals surface area contributed by atoms with E-state index < -0.39 is 11.6 Å². The number of aryl methyl sites for hydroxylation is 1. The van der Waals surface area contributed by atoms with Crippen molar-refractivity contribution in [2.45, 2.75) is 19.8 Å². The molecule has 100 valence electrons. The van der Waals surface area contributed by atoms with Crippen LogP contribution in [0.15, 0.2) is 22.7 Å². The van der Waals surface area contributed by atoms with Crippen LogP contribution in [0.4, 0.5) is 8.78 Å². The number of aromatic nitrogens is 2. The maximum absolute atomic E-state index is 14.0. The molecular formula is C13H10BrClF2N2. The molecule has 1 aromatic carbocycles. The minimum absolute atomic E-state index is 0.153. The molecule has 0 fully saturated rings. The van der Waals surface area contributed by atoms with E-state index in [9.17, 15) is 8.78 Å². The molecule has 0 spiro atoms. The summed E-state index contributed by atoms with van der Waals surface area (Å²) in [5.41, 5.74) is -0.0456. The summed E-state index contributed by atoms with van der Waals surface area (Å²) in [5, 5.41) is 0.173. The second kappa shape index (κ2) is 5.92. The van der Waals surface area contributed by atoms with Gasteiger partial charge < -0.3 is 0 Å². The maximum Gasteiger partial charge on any atom is 0.149 e. The zero-order valence-electron chi connectivity index (χ0n) is 10.1. The Labute approximate surface area is 123 Å². The van der Waals surface area contributed by atoms with Gasteiger partial charge in [0.05, 0.1) is 15.7 Å². The van der Waals surface area contributed by atoms with Crippen LogP contribution in [-0.2, 0) is 6.42 Å². The van der Waals surface area contributed by atoms with E-state index in [-0.39, 0.29) is 20.9 Å². The van der Waals surface area contributed by atoms with E-state index in [1.165, 1.54) is 18.2 Å². The van der Waals surface area contributed by atoms with Crippen LogP contribution in [0, 0.1) is 11.6 Å². The number of rotatable bonds is 3. The van der Waals surface area contributed by atoms with Crippen LogP contribution < -0.4 is 0 Å². The number of nitrogens with zero attached hydrogens (tertiary/aromatic N) is 2. The molecule has 1 aromatic heterocycles. The minimum Gasteiger partial charge on any atom is -0.233 e. The predicted octanol–water partition coefficient (Wildman–Crippen LogP) is 4.79. The van der Waals surface area contributed by atoms with Crippen LogP contribution in [0.2, 0.25) is 5.15 Å². The topological polar surface area (TPSA) is 25.8 Å². The minimum atomic E-state index is -0.697. The van der Waals surface area contributed by atoms with Crippen LogP contribution in [-0.4, -0.2) is 9.97 Å². The predicted molar refractivity (Wildman–Crippen MR) is 74.1 cm³/mol. The Hall–Kier alpha value is -1.07. The van der Waals surface area contributed by atoms with Crippen LogP contribution in [0.1, 0.15) is 19.2 Å². The summed E-state index contributed by atoms with van der Waals surface area (Å²) in [6, 6.07) is 3.84. The molecule has 2 rings (SSSR count). The molecule has 2 aromatic rings. The summed E-state index contributed by atoms with van der Waals surface area (Å²) in [4.78, 5) is 8.19. The molecule has 0 atom stereocenters. The lowest BCUT2D eigenvalue weighted by Gasteiger charge is -2.08. The number of hydrogen-bond donors (Lipinski definition) is 0. The van der Waals surface area contributed by atoms with Gasteiger partial charge in [-0.15, -0.1) is 0 Å². The highest BCUT2D eigenvalue weighted by atomic mass is 79.9. The lowest BCUT2D eigenvalue weighted by molar-refractivity contribution is 0.584. The van der Waals surface area contributed by atoms with Crippen LogP contribution >= 0.6 is 27.5 Å². The molecule has 0 unspecified atom stereocenters. The van der Waals surface area contributed by atoms with Gasteiger partial charge >= 0.3 is 0 Å². The van der Waals surface area contributed by atoms with E-state index in [1.54, 1.807) is 0 Å². The largest absolute Gasteiger partial charge is 0.233 e. The van der Waals surface area contributed by atoms with Gasteiger partial charge in [0.1, 0.15) is 22.6 Å². The van der Waals surface area contributed by atoms with Gasteiger partial charge in [-0.25, -0.2) is 18.7 Å². The van der Waals surface area contributed by atoms with Crippen molar-refractivity contribution in [1.29, 1.82) is 0 Å². The average Bonchev–Trinajstić information content (AvgIpc) is 2.34. The van der Waals surface area contributed by atoms with Crippen LogP contribution in [0.25, 0.3) is 11.3 Å². The summed E-state index contributed by atoms with van der Waals surface area (Å²) in [6.07, 6.45) is 1.42. The van der Waals surface area contributed by atoms with Gasteiger partial charge in [0.2, 0.25) is 0 Å². The van der Waals surface area contributed by atoms with Crippen molar-refractivity contribution in [2.24, 2.45) is 0 Å². The first kappa shape index (κ1) is 14.3. The third-order valence-corrected chi connectivity index (χ3v) is 3.32. The molecule has 0 radical (unpaired) electrons. The Morgan fingerprint density at radius 1 is 1.26 bits per heavy atom. The smallest absolute Gasteiger partial charge is 0.149 e. The molecule has 1 heterocycles. The third-order valence-electron chi connectivity index (χ3n) is 2.51. The Morgan fingerprint density at radius 2 is 2.00 bits per heavy atom. The first-order chi connectivity index (χ1) is 9.02. The first-order valence-corrected chi connectivity index (χ1v) is 6.87. The van der Waals surface area contributed by atoms with Gasteiger partial charge in [-0.3, -0.25) is 0 Å². The summed E-state index contributed by atoms with van der Waals surface area (Å²) >= 11 is 8.90. The fourth-order valence-corrected chi connectivity index (χ4v) is 2.22. The fraction of sp³-hybridized carbons (Fsp3) is 0.231. The summed E-state index contributed by atoms with van der Waals surface area (Å²) in [7, 11) is 0. The van der Waals surface area contributed by atoms with E-state index in [0.717, 1.165) is 6.42 Å². The standard InChI is InChI=1S/C13H10BrClF2N2/c1-2-3-11-18-9(6-10(15)19-11)12-8(16)5-4-7(14)13(12)17/h4-6H,2-3H2,1H3. The third kappa shape index (κ3) is 3.09. The average molecular weight is 348 g/mol. The van der Waals surface area contributed by atoms with Crippen molar-refractivity contribution >= 4 is 27.5 Å². The molecule has 0 aliphatic rings. The number of halogens is 4. The summed E-state index contributed by atoms with van der Waals surface area (Å²) in [5.74, 6) is -0.904. The highest BCUT2D eigenvalue weighted by molar-refractivity contribution is 9.10. The first-order valence-electron chi connectivity index (χ1n) is 5.70. The molecule has 0 saturated heterocycles. The van der Waals surface area contributed by atoms with Gasteiger partial charge in [-0.1, -0.05) is 18.5 Å². The van der Waals surface area contributed by atoms with E-state index in [4.69, 9.17) is 11.6 Å². The molecule has 0 bridgehead atoms. The molecule has 2 nitrogen and oxygen atoms in total. The second-order valence-corrected chi connectivity index (χ2v) is 5.20. The van der Waals surface area contributed by atoms with Gasteiger partial charge in [-0.2, -0.15) is 0 Å². The highest BCUT2D eigenvalue weighted by Crippen LogP contribution is 2.30. The van der Waals surface area contributed by atoms with Crippen molar-refractivity contribution in [3.05, 3.63) is 45.3 Å². The molecule has 19 heavy (non-hydrogen) atoms. The molecule has 0 aliphatic carbocycles. The van der Waals surface area contributed by atoms with Crippen molar-refractivity contribution in [2.75, 3.05) is 0 Å². The normalized spacial score (nSPS) is 10.8. The van der Waals surface area contributed by atoms with Crippen molar-refractivity contribution < 1.29 is 8.78 Å². The quantitative estimate of drug-likeness (QED) is 0.589. The summed E-state index contributed by atoms with van der Waals surface area (Å²) < 4.78 is 28.0. The van der Waals surface area contributed by atoms with E-state index in [0.29, 0.717) is 12.2 Å². The monoisotopic (exact) mass is 346 g/mol. The van der Waals surface area contributed by atoms with E-state index in [2.05, 4.69) is 25.9 Å². The maximum atomic E-state index is 14.0. The molecule has 0 amide bonds. The lowest BCUT2D eigenvalue weighted by atomic mass is 10.1. The Kier molecular flexibility index (Phi) is 4.47. The number of benzene rings is 1. The Bertz CT molecular complexity index is 620. The Morgan fingerprint density at radius 3 is 2.68 bits per heavy atom. The second-order valence-electron chi connectivity index (χ2n) is 3.96. The molecule has 0 saturated carbocycles. The Balaban J connectivity index is 2.62. The SMILES string of the molecule is CCCc1nc(Cl)cc(-c2c(F)ccc(Br)c2F)n1. The van der Waals surface area contributed by atoms with Crippen molar-refractivity contribution in [3.8, 4) is 11.3 Å². The summed E-state index contributed by atoms with van der Waals surface area (Å²) in [6.45, 7) is 1.96. The van der Waals surface area contributed by atoms with Crippen LogP contribution in [0.5, 0.6) is 0 Å². The molecule has 0 aliphatic heterocycles. The van der Waals surface area contributed by atoms with Crippen molar-refractivity contribution in [3.63, 3.8) is 0 Å². The van der Waals surface area contributed by atoms with Gasteiger partial charge in [0.25, 0.3) is 0 Å².